The predicted molar refractivity (Wildman–Crippen MR) is 69.7 cm³/mol. The Morgan fingerprint density at radius 2 is 2.12 bits per heavy atom. The molecule has 0 saturated heterocycles. The molecule has 1 N–H and O–H groups in total. The van der Waals surface area contributed by atoms with Gasteiger partial charge >= 0.3 is 0 Å². The van der Waals surface area contributed by atoms with Crippen LogP contribution in [0.2, 0.25) is 0 Å². The second kappa shape index (κ2) is 4.58. The topological polar surface area (TPSA) is 12.0 Å². The number of aryl methyl sites for hydroxylation is 1. The molecule has 1 unspecified atom stereocenters. The lowest BCUT2D eigenvalue weighted by Crippen LogP contribution is -2.38. The fourth-order valence-electron chi connectivity index (χ4n) is 2.43. The molecular formula is C15H23N. The number of likely N-dealkylation sites (N-methyl/N-ethyl adjacent to an activating group) is 1. The highest BCUT2D eigenvalue weighted by Gasteiger charge is 2.44. The maximum absolute atomic E-state index is 3.65. The minimum atomic E-state index is 0.555. The number of nitrogens with one attached hydrogen (secondary N) is 1. The molecule has 1 saturated carbocycles. The van der Waals surface area contributed by atoms with Crippen LogP contribution in [0, 0.1) is 12.3 Å². The maximum Gasteiger partial charge on any atom is 0.0161 e. The molecule has 0 aliphatic heterocycles. The lowest BCUT2D eigenvalue weighted by molar-refractivity contribution is 0.360. The van der Waals surface area contributed by atoms with Crippen LogP contribution in [0.5, 0.6) is 0 Å². The summed E-state index contributed by atoms with van der Waals surface area (Å²) in [5.74, 6) is 0. The van der Waals surface area contributed by atoms with Gasteiger partial charge in [0.1, 0.15) is 0 Å². The van der Waals surface area contributed by atoms with Gasteiger partial charge in [0.15, 0.2) is 0 Å². The third-order valence-electron chi connectivity index (χ3n) is 3.85. The van der Waals surface area contributed by atoms with E-state index in [1.165, 1.54) is 30.4 Å². The summed E-state index contributed by atoms with van der Waals surface area (Å²) < 4.78 is 0. The quantitative estimate of drug-likeness (QED) is 0.798. The minimum absolute atomic E-state index is 0.555. The fraction of sp³-hybridized carbons (Fsp3) is 0.600. The van der Waals surface area contributed by atoms with E-state index in [1.807, 2.05) is 0 Å². The van der Waals surface area contributed by atoms with E-state index in [4.69, 9.17) is 0 Å². The standard InChI is InChI=1S/C15H23N/c1-4-16-14(15(3)8-9-15)11-13-7-5-6-12(2)10-13/h5-7,10,14,16H,4,8-9,11H2,1-3H3. The van der Waals surface area contributed by atoms with Gasteiger partial charge in [0.25, 0.3) is 0 Å². The van der Waals surface area contributed by atoms with Crippen LogP contribution < -0.4 is 5.32 Å². The Kier molecular flexibility index (Phi) is 3.34. The molecule has 1 heteroatoms. The summed E-state index contributed by atoms with van der Waals surface area (Å²) in [4.78, 5) is 0. The van der Waals surface area contributed by atoms with Crippen molar-refractivity contribution < 1.29 is 0 Å². The summed E-state index contributed by atoms with van der Waals surface area (Å²) in [5.41, 5.74) is 3.40. The lowest BCUT2D eigenvalue weighted by Gasteiger charge is -2.24. The van der Waals surface area contributed by atoms with Gasteiger partial charge in [0.2, 0.25) is 0 Å². The highest BCUT2D eigenvalue weighted by atomic mass is 14.9. The zero-order chi connectivity index (χ0) is 11.6. The smallest absolute Gasteiger partial charge is 0.0161 e. The van der Waals surface area contributed by atoms with E-state index in [-0.39, 0.29) is 0 Å². The first-order valence-electron chi connectivity index (χ1n) is 6.43. The van der Waals surface area contributed by atoms with Crippen LogP contribution in [0.15, 0.2) is 24.3 Å². The molecule has 0 heterocycles. The van der Waals surface area contributed by atoms with Gasteiger partial charge in [-0.25, -0.2) is 0 Å². The largest absolute Gasteiger partial charge is 0.313 e. The van der Waals surface area contributed by atoms with Crippen molar-refractivity contribution in [2.24, 2.45) is 5.41 Å². The molecule has 16 heavy (non-hydrogen) atoms. The predicted octanol–water partition coefficient (Wildman–Crippen LogP) is 3.32. The first kappa shape index (κ1) is 11.7. The van der Waals surface area contributed by atoms with Gasteiger partial charge in [-0.05, 0) is 43.7 Å². The first-order valence-corrected chi connectivity index (χ1v) is 6.43. The van der Waals surface area contributed by atoms with E-state index in [1.54, 1.807) is 0 Å². The lowest BCUT2D eigenvalue weighted by atomic mass is 9.92. The van der Waals surface area contributed by atoms with Crippen LogP contribution in [-0.4, -0.2) is 12.6 Å². The van der Waals surface area contributed by atoms with Crippen molar-refractivity contribution in [3.63, 3.8) is 0 Å². The van der Waals surface area contributed by atoms with Crippen molar-refractivity contribution in [1.82, 2.24) is 5.32 Å². The van der Waals surface area contributed by atoms with Crippen LogP contribution >= 0.6 is 0 Å². The van der Waals surface area contributed by atoms with Crippen molar-refractivity contribution in [2.75, 3.05) is 6.54 Å². The van der Waals surface area contributed by atoms with Gasteiger partial charge in [-0.1, -0.05) is 43.7 Å². The molecule has 1 aliphatic rings. The van der Waals surface area contributed by atoms with Crippen molar-refractivity contribution in [1.29, 1.82) is 0 Å². The first-order chi connectivity index (χ1) is 7.64. The van der Waals surface area contributed by atoms with E-state index in [2.05, 4.69) is 50.4 Å². The van der Waals surface area contributed by atoms with Gasteiger partial charge in [-0.15, -0.1) is 0 Å². The second-order valence-corrected chi connectivity index (χ2v) is 5.46. The molecule has 0 amide bonds. The maximum atomic E-state index is 3.65. The number of hydrogen-bond donors (Lipinski definition) is 1. The minimum Gasteiger partial charge on any atom is -0.313 e. The van der Waals surface area contributed by atoms with E-state index < -0.39 is 0 Å². The van der Waals surface area contributed by atoms with Gasteiger partial charge < -0.3 is 5.32 Å². The van der Waals surface area contributed by atoms with Gasteiger partial charge in [-0.3, -0.25) is 0 Å². The number of hydrogen-bond acceptors (Lipinski definition) is 1. The second-order valence-electron chi connectivity index (χ2n) is 5.46. The monoisotopic (exact) mass is 217 g/mol. The number of benzene rings is 1. The van der Waals surface area contributed by atoms with E-state index in [9.17, 15) is 0 Å². The third kappa shape index (κ3) is 2.65. The van der Waals surface area contributed by atoms with Crippen LogP contribution in [0.1, 0.15) is 37.8 Å². The van der Waals surface area contributed by atoms with E-state index in [0.29, 0.717) is 11.5 Å². The molecule has 0 aromatic heterocycles. The molecule has 1 nitrogen and oxygen atoms in total. The zero-order valence-electron chi connectivity index (χ0n) is 10.7. The Labute approximate surface area is 99.3 Å². The van der Waals surface area contributed by atoms with E-state index >= 15 is 0 Å². The normalized spacial score (nSPS) is 19.4. The SMILES string of the molecule is CCNC(Cc1cccc(C)c1)C1(C)CC1. The van der Waals surface area contributed by atoms with Crippen LogP contribution in [0.25, 0.3) is 0 Å². The van der Waals surface area contributed by atoms with Crippen LogP contribution in [0.4, 0.5) is 0 Å². The van der Waals surface area contributed by atoms with Crippen molar-refractivity contribution >= 4 is 0 Å². The van der Waals surface area contributed by atoms with Gasteiger partial charge in [-0.2, -0.15) is 0 Å². The summed E-state index contributed by atoms with van der Waals surface area (Å²) in [6, 6.07) is 9.56. The molecule has 1 aromatic carbocycles. The Morgan fingerprint density at radius 3 is 2.69 bits per heavy atom. The highest BCUT2D eigenvalue weighted by Crippen LogP contribution is 2.48. The molecule has 1 aromatic rings. The molecule has 88 valence electrons. The van der Waals surface area contributed by atoms with Crippen molar-refractivity contribution in [3.8, 4) is 0 Å². The summed E-state index contributed by atoms with van der Waals surface area (Å²) in [7, 11) is 0. The Bertz CT molecular complexity index is 352. The van der Waals surface area contributed by atoms with Crippen molar-refractivity contribution in [2.45, 2.75) is 46.1 Å². The summed E-state index contributed by atoms with van der Waals surface area (Å²) >= 11 is 0. The summed E-state index contributed by atoms with van der Waals surface area (Å²) in [5, 5.41) is 3.65. The molecule has 0 bridgehead atoms. The molecular weight excluding hydrogens is 194 g/mol. The summed E-state index contributed by atoms with van der Waals surface area (Å²) in [6.45, 7) is 7.86. The average Bonchev–Trinajstić information content (AvgIpc) is 2.97. The zero-order valence-corrected chi connectivity index (χ0v) is 10.7. The Morgan fingerprint density at radius 1 is 1.38 bits per heavy atom. The van der Waals surface area contributed by atoms with Gasteiger partial charge in [0.05, 0.1) is 0 Å². The molecule has 2 rings (SSSR count). The van der Waals surface area contributed by atoms with Gasteiger partial charge in [0, 0.05) is 6.04 Å². The van der Waals surface area contributed by atoms with Crippen molar-refractivity contribution in [3.05, 3.63) is 35.4 Å². The number of rotatable bonds is 5. The molecule has 0 radical (unpaired) electrons. The van der Waals surface area contributed by atoms with Crippen LogP contribution in [-0.2, 0) is 6.42 Å². The highest BCUT2D eigenvalue weighted by molar-refractivity contribution is 5.24. The third-order valence-corrected chi connectivity index (χ3v) is 3.85. The van der Waals surface area contributed by atoms with E-state index in [0.717, 1.165) is 6.54 Å². The molecule has 0 spiro atoms. The molecule has 1 atom stereocenters. The van der Waals surface area contributed by atoms with Crippen LogP contribution in [0.3, 0.4) is 0 Å². The summed E-state index contributed by atoms with van der Waals surface area (Å²) in [6.07, 6.45) is 3.94. The molecule has 1 aliphatic carbocycles. The Hall–Kier alpha value is -0.820. The molecule has 1 fully saturated rings. The average molecular weight is 217 g/mol. The Balaban J connectivity index is 2.05. The fourth-order valence-corrected chi connectivity index (χ4v) is 2.43.